The fourth-order valence-electron chi connectivity index (χ4n) is 3.03. The van der Waals surface area contributed by atoms with Crippen LogP contribution in [0.5, 0.6) is 0 Å². The van der Waals surface area contributed by atoms with E-state index in [1.807, 2.05) is 20.8 Å². The topological polar surface area (TPSA) is 113 Å². The number of hydrogen-bond acceptors (Lipinski definition) is 6. The molecule has 1 aromatic heterocycles. The first-order chi connectivity index (χ1) is 13.7. The van der Waals surface area contributed by atoms with Crippen LogP contribution in [0.1, 0.15) is 43.2 Å². The van der Waals surface area contributed by atoms with Crippen molar-refractivity contribution in [3.8, 4) is 11.8 Å². The molecule has 1 aromatic carbocycles. The summed E-state index contributed by atoms with van der Waals surface area (Å²) in [6.07, 6.45) is 1.99. The van der Waals surface area contributed by atoms with E-state index in [2.05, 4.69) is 21.7 Å². The maximum atomic E-state index is 12.4. The number of carbonyl (C=O) groups excluding carboxylic acids is 2. The van der Waals surface area contributed by atoms with Crippen LogP contribution in [0.2, 0.25) is 0 Å². The molecule has 1 aliphatic rings. The van der Waals surface area contributed by atoms with Crippen LogP contribution < -0.4 is 5.32 Å². The molecule has 0 saturated carbocycles. The Morgan fingerprint density at radius 2 is 2.17 bits per heavy atom. The van der Waals surface area contributed by atoms with Gasteiger partial charge in [-0.1, -0.05) is 11.3 Å². The van der Waals surface area contributed by atoms with Crippen LogP contribution in [0.4, 0.5) is 4.79 Å². The van der Waals surface area contributed by atoms with Crippen LogP contribution in [-0.2, 0) is 4.74 Å². The molecule has 9 nitrogen and oxygen atoms in total. The molecule has 2 amide bonds. The standard InChI is InChI=1S/C20H24N6O3/c1-20(2,3)29-19(28)25-8-7-15(12-25)11-22-18(27)17-13-26(24-23-17)16-6-4-5-14(9-16)10-21/h4-6,9,13,15H,7-8,11-12H2,1-3H3,(H,22,27). The van der Waals surface area contributed by atoms with Crippen molar-refractivity contribution in [3.63, 3.8) is 0 Å². The van der Waals surface area contributed by atoms with Crippen LogP contribution in [0.15, 0.2) is 30.5 Å². The molecule has 0 aliphatic carbocycles. The van der Waals surface area contributed by atoms with Gasteiger partial charge < -0.3 is 15.0 Å². The minimum absolute atomic E-state index is 0.161. The Morgan fingerprint density at radius 3 is 2.90 bits per heavy atom. The molecular formula is C20H24N6O3. The largest absolute Gasteiger partial charge is 0.444 e. The Labute approximate surface area is 169 Å². The first kappa shape index (κ1) is 20.3. The summed E-state index contributed by atoms with van der Waals surface area (Å²) in [5.41, 5.74) is 0.815. The monoisotopic (exact) mass is 396 g/mol. The highest BCUT2D eigenvalue weighted by Gasteiger charge is 2.30. The van der Waals surface area contributed by atoms with Gasteiger partial charge in [0.15, 0.2) is 5.69 Å². The van der Waals surface area contributed by atoms with Crippen molar-refractivity contribution in [3.05, 3.63) is 41.7 Å². The minimum atomic E-state index is -0.526. The molecule has 0 bridgehead atoms. The maximum Gasteiger partial charge on any atom is 0.410 e. The summed E-state index contributed by atoms with van der Waals surface area (Å²) in [5, 5.41) is 19.7. The lowest BCUT2D eigenvalue weighted by molar-refractivity contribution is 0.0288. The molecule has 29 heavy (non-hydrogen) atoms. The van der Waals surface area contributed by atoms with Crippen LogP contribution in [0, 0.1) is 17.2 Å². The number of aromatic nitrogens is 3. The SMILES string of the molecule is CC(C)(C)OC(=O)N1CCC(CNC(=O)c2cn(-c3cccc(C#N)c3)nn2)C1. The summed E-state index contributed by atoms with van der Waals surface area (Å²) in [5.74, 6) is -0.169. The number of hydrogen-bond donors (Lipinski definition) is 1. The zero-order valence-corrected chi connectivity index (χ0v) is 16.8. The molecule has 0 radical (unpaired) electrons. The van der Waals surface area contributed by atoms with Gasteiger partial charge in [-0.25, -0.2) is 9.48 Å². The van der Waals surface area contributed by atoms with Crippen molar-refractivity contribution < 1.29 is 14.3 Å². The van der Waals surface area contributed by atoms with Crippen molar-refractivity contribution in [1.82, 2.24) is 25.2 Å². The van der Waals surface area contributed by atoms with Gasteiger partial charge >= 0.3 is 6.09 Å². The number of nitrogens with zero attached hydrogens (tertiary/aromatic N) is 5. The van der Waals surface area contributed by atoms with E-state index in [0.717, 1.165) is 6.42 Å². The average Bonchev–Trinajstić information content (AvgIpc) is 3.34. The second-order valence-corrected chi connectivity index (χ2v) is 8.00. The molecule has 3 rings (SSSR count). The van der Waals surface area contributed by atoms with Gasteiger partial charge in [-0.15, -0.1) is 5.10 Å². The highest BCUT2D eigenvalue weighted by Crippen LogP contribution is 2.19. The Kier molecular flexibility index (Phi) is 5.82. The van der Waals surface area contributed by atoms with Crippen molar-refractivity contribution in [2.45, 2.75) is 32.8 Å². The zero-order chi connectivity index (χ0) is 21.0. The van der Waals surface area contributed by atoms with E-state index in [9.17, 15) is 9.59 Å². The number of rotatable bonds is 4. The van der Waals surface area contributed by atoms with E-state index in [4.69, 9.17) is 10.00 Å². The van der Waals surface area contributed by atoms with Gasteiger partial charge in [-0.2, -0.15) is 5.26 Å². The van der Waals surface area contributed by atoms with E-state index in [1.165, 1.54) is 10.9 Å². The number of likely N-dealkylation sites (tertiary alicyclic amines) is 1. The van der Waals surface area contributed by atoms with Gasteiger partial charge in [-0.3, -0.25) is 4.79 Å². The molecule has 1 N–H and O–H groups in total. The quantitative estimate of drug-likeness (QED) is 0.847. The van der Waals surface area contributed by atoms with E-state index in [1.54, 1.807) is 29.2 Å². The van der Waals surface area contributed by atoms with Crippen LogP contribution in [-0.4, -0.2) is 57.1 Å². The lowest BCUT2D eigenvalue weighted by Gasteiger charge is -2.24. The van der Waals surface area contributed by atoms with Crippen molar-refractivity contribution in [1.29, 1.82) is 5.26 Å². The molecule has 9 heteroatoms. The molecule has 1 atom stereocenters. The van der Waals surface area contributed by atoms with Gasteiger partial charge in [0.2, 0.25) is 0 Å². The number of nitrogens with one attached hydrogen (secondary N) is 1. The zero-order valence-electron chi connectivity index (χ0n) is 16.8. The van der Waals surface area contributed by atoms with Crippen molar-refractivity contribution in [2.24, 2.45) is 5.92 Å². The number of carbonyl (C=O) groups is 2. The van der Waals surface area contributed by atoms with Gasteiger partial charge in [-0.05, 0) is 51.3 Å². The van der Waals surface area contributed by atoms with Gasteiger partial charge in [0.1, 0.15) is 5.60 Å². The van der Waals surface area contributed by atoms with Gasteiger partial charge in [0, 0.05) is 19.6 Å². The fraction of sp³-hybridized carbons (Fsp3) is 0.450. The Bertz CT molecular complexity index is 940. The third-order valence-electron chi connectivity index (χ3n) is 4.45. The normalized spacial score (nSPS) is 16.3. The number of nitriles is 1. The predicted molar refractivity (Wildman–Crippen MR) is 104 cm³/mol. The third kappa shape index (κ3) is 5.31. The van der Waals surface area contributed by atoms with Crippen molar-refractivity contribution in [2.75, 3.05) is 19.6 Å². The molecule has 1 unspecified atom stereocenters. The first-order valence-electron chi connectivity index (χ1n) is 9.44. The van der Waals surface area contributed by atoms with Crippen molar-refractivity contribution >= 4 is 12.0 Å². The lowest BCUT2D eigenvalue weighted by atomic mass is 10.1. The summed E-state index contributed by atoms with van der Waals surface area (Å²) in [4.78, 5) is 26.2. The minimum Gasteiger partial charge on any atom is -0.444 e. The highest BCUT2D eigenvalue weighted by atomic mass is 16.6. The van der Waals surface area contributed by atoms with E-state index in [0.29, 0.717) is 30.9 Å². The predicted octanol–water partition coefficient (Wildman–Crippen LogP) is 2.13. The second-order valence-electron chi connectivity index (χ2n) is 8.00. The Hall–Kier alpha value is -3.41. The van der Waals surface area contributed by atoms with Crippen LogP contribution in [0.25, 0.3) is 5.69 Å². The number of benzene rings is 1. The Balaban J connectivity index is 1.52. The molecule has 152 valence electrons. The maximum absolute atomic E-state index is 12.4. The van der Waals surface area contributed by atoms with Gasteiger partial charge in [0.25, 0.3) is 5.91 Å². The third-order valence-corrected chi connectivity index (χ3v) is 4.45. The Morgan fingerprint density at radius 1 is 1.38 bits per heavy atom. The summed E-state index contributed by atoms with van der Waals surface area (Å²) < 4.78 is 6.84. The number of ether oxygens (including phenoxy) is 1. The summed E-state index contributed by atoms with van der Waals surface area (Å²) in [7, 11) is 0. The molecular weight excluding hydrogens is 372 g/mol. The average molecular weight is 396 g/mol. The molecule has 1 saturated heterocycles. The van der Waals surface area contributed by atoms with Gasteiger partial charge in [0.05, 0.1) is 23.5 Å². The van der Waals surface area contributed by atoms with Crippen LogP contribution in [0.3, 0.4) is 0 Å². The molecule has 2 aromatic rings. The smallest absolute Gasteiger partial charge is 0.410 e. The second kappa shape index (κ2) is 8.31. The van der Waals surface area contributed by atoms with Crippen LogP contribution >= 0.6 is 0 Å². The molecule has 0 spiro atoms. The van der Waals surface area contributed by atoms with E-state index in [-0.39, 0.29) is 23.6 Å². The van der Waals surface area contributed by atoms with E-state index >= 15 is 0 Å². The molecule has 1 aliphatic heterocycles. The number of amides is 2. The lowest BCUT2D eigenvalue weighted by Crippen LogP contribution is -2.36. The fourth-order valence-corrected chi connectivity index (χ4v) is 3.03. The summed E-state index contributed by atoms with van der Waals surface area (Å²) in [6.45, 7) is 7.10. The molecule has 1 fully saturated rings. The summed E-state index contributed by atoms with van der Waals surface area (Å²) in [6, 6.07) is 8.94. The molecule has 2 heterocycles. The van der Waals surface area contributed by atoms with E-state index < -0.39 is 5.60 Å². The first-order valence-corrected chi connectivity index (χ1v) is 9.44. The highest BCUT2D eigenvalue weighted by molar-refractivity contribution is 5.91. The summed E-state index contributed by atoms with van der Waals surface area (Å²) >= 11 is 0.